The Hall–Kier alpha value is -0.900. The van der Waals surface area contributed by atoms with Crippen molar-refractivity contribution in [2.24, 2.45) is 5.73 Å². The van der Waals surface area contributed by atoms with E-state index in [1.54, 1.807) is 0 Å². The zero-order valence-corrected chi connectivity index (χ0v) is 8.82. The Morgan fingerprint density at radius 1 is 1.27 bits per heavy atom. The molecule has 0 aliphatic carbocycles. The number of nitrogens with two attached hydrogens (primary N) is 1. The second-order valence-corrected chi connectivity index (χ2v) is 3.78. The Bertz CT molecular complexity index is 310. The fourth-order valence-corrected chi connectivity index (χ4v) is 1.62. The summed E-state index contributed by atoms with van der Waals surface area (Å²) >= 11 is 0. The summed E-state index contributed by atoms with van der Waals surface area (Å²) in [5.41, 5.74) is 8.10. The van der Waals surface area contributed by atoms with Gasteiger partial charge in [0.05, 0.1) is 19.8 Å². The molecule has 0 saturated carbocycles. The van der Waals surface area contributed by atoms with Crippen LogP contribution in [0.15, 0.2) is 24.3 Å². The molecule has 0 aromatic heterocycles. The molecule has 1 aromatic carbocycles. The van der Waals surface area contributed by atoms with E-state index >= 15 is 0 Å². The number of hydrogen-bond donors (Lipinski definition) is 1. The highest BCUT2D eigenvalue weighted by Gasteiger charge is 2.18. The van der Waals surface area contributed by atoms with E-state index in [0.29, 0.717) is 13.2 Å². The molecule has 0 unspecified atom stereocenters. The molecule has 3 heteroatoms. The normalized spacial score (nSPS) is 16.3. The molecule has 2 N–H and O–H groups in total. The van der Waals surface area contributed by atoms with Crippen LogP contribution >= 0.6 is 0 Å². The number of rotatable bonds is 5. The molecule has 15 heavy (non-hydrogen) atoms. The molecular formula is C12H17NO2. The summed E-state index contributed by atoms with van der Waals surface area (Å²) in [5, 5.41) is 0. The van der Waals surface area contributed by atoms with E-state index in [-0.39, 0.29) is 6.10 Å². The molecule has 1 saturated heterocycles. The van der Waals surface area contributed by atoms with Gasteiger partial charge >= 0.3 is 0 Å². The van der Waals surface area contributed by atoms with Gasteiger partial charge in [-0.2, -0.15) is 0 Å². The molecule has 1 aromatic rings. The van der Waals surface area contributed by atoms with Crippen LogP contribution in [0.25, 0.3) is 0 Å². The first-order chi connectivity index (χ1) is 7.40. The monoisotopic (exact) mass is 207 g/mol. The molecule has 82 valence electrons. The summed E-state index contributed by atoms with van der Waals surface area (Å²) < 4.78 is 10.7. The van der Waals surface area contributed by atoms with Crippen molar-refractivity contribution in [1.82, 2.24) is 0 Å². The van der Waals surface area contributed by atoms with E-state index in [4.69, 9.17) is 15.2 Å². The lowest BCUT2D eigenvalue weighted by Crippen LogP contribution is -2.35. The first-order valence-electron chi connectivity index (χ1n) is 5.36. The fraction of sp³-hybridized carbons (Fsp3) is 0.500. The quantitative estimate of drug-likeness (QED) is 0.786. The van der Waals surface area contributed by atoms with Crippen molar-refractivity contribution in [1.29, 1.82) is 0 Å². The Kier molecular flexibility index (Phi) is 3.72. The summed E-state index contributed by atoms with van der Waals surface area (Å²) in [6.45, 7) is 2.83. The van der Waals surface area contributed by atoms with E-state index in [2.05, 4.69) is 12.1 Å². The average Bonchev–Trinajstić information content (AvgIpc) is 2.18. The maximum Gasteiger partial charge on any atom is 0.105 e. The molecule has 1 aliphatic rings. The van der Waals surface area contributed by atoms with Crippen molar-refractivity contribution in [3.63, 3.8) is 0 Å². The van der Waals surface area contributed by atoms with Crippen molar-refractivity contribution in [3.8, 4) is 0 Å². The minimum absolute atomic E-state index is 0.288. The molecule has 3 nitrogen and oxygen atoms in total. The Labute approximate surface area is 90.2 Å². The smallest absolute Gasteiger partial charge is 0.105 e. The largest absolute Gasteiger partial charge is 0.376 e. The Balaban J connectivity index is 1.92. The number of ether oxygens (including phenoxy) is 2. The summed E-state index contributed by atoms with van der Waals surface area (Å²) in [6.07, 6.45) is 1.21. The molecule has 0 radical (unpaired) electrons. The van der Waals surface area contributed by atoms with Crippen LogP contribution in [0.1, 0.15) is 11.1 Å². The zero-order valence-electron chi connectivity index (χ0n) is 8.82. The van der Waals surface area contributed by atoms with E-state index in [1.807, 2.05) is 12.1 Å². The van der Waals surface area contributed by atoms with Gasteiger partial charge in [-0.25, -0.2) is 0 Å². The van der Waals surface area contributed by atoms with Gasteiger partial charge in [-0.1, -0.05) is 24.3 Å². The topological polar surface area (TPSA) is 44.5 Å². The third-order valence-electron chi connectivity index (χ3n) is 2.61. The SMILES string of the molecule is NCCc1ccccc1COC1COC1. The fourth-order valence-electron chi connectivity index (χ4n) is 1.62. The predicted octanol–water partition coefficient (Wildman–Crippen LogP) is 1.10. The molecule has 0 amide bonds. The van der Waals surface area contributed by atoms with Crippen molar-refractivity contribution < 1.29 is 9.47 Å². The number of hydrogen-bond acceptors (Lipinski definition) is 3. The van der Waals surface area contributed by atoms with Gasteiger partial charge in [0.2, 0.25) is 0 Å². The lowest BCUT2D eigenvalue weighted by atomic mass is 10.1. The number of benzene rings is 1. The average molecular weight is 207 g/mol. The van der Waals surface area contributed by atoms with Crippen LogP contribution in [0.3, 0.4) is 0 Å². The van der Waals surface area contributed by atoms with Gasteiger partial charge in [0.1, 0.15) is 6.10 Å². The van der Waals surface area contributed by atoms with Crippen LogP contribution in [-0.4, -0.2) is 25.9 Å². The second-order valence-electron chi connectivity index (χ2n) is 3.78. The summed E-state index contributed by atoms with van der Waals surface area (Å²) in [6, 6.07) is 8.30. The minimum atomic E-state index is 0.288. The van der Waals surface area contributed by atoms with Crippen LogP contribution < -0.4 is 5.73 Å². The predicted molar refractivity (Wildman–Crippen MR) is 58.6 cm³/mol. The standard InChI is InChI=1S/C12H17NO2/c13-6-5-10-3-1-2-4-11(10)7-15-12-8-14-9-12/h1-4,12H,5-9,13H2. The Morgan fingerprint density at radius 3 is 2.60 bits per heavy atom. The van der Waals surface area contributed by atoms with Gasteiger partial charge in [0.25, 0.3) is 0 Å². The molecule has 0 spiro atoms. The molecule has 0 bridgehead atoms. The molecule has 1 fully saturated rings. The van der Waals surface area contributed by atoms with Crippen LogP contribution in [0.2, 0.25) is 0 Å². The van der Waals surface area contributed by atoms with Gasteiger partial charge in [-0.05, 0) is 24.1 Å². The van der Waals surface area contributed by atoms with Gasteiger partial charge in [0, 0.05) is 0 Å². The van der Waals surface area contributed by atoms with Crippen LogP contribution in [-0.2, 0) is 22.5 Å². The molecule has 2 rings (SSSR count). The Morgan fingerprint density at radius 2 is 2.00 bits per heavy atom. The van der Waals surface area contributed by atoms with Crippen molar-refractivity contribution in [2.75, 3.05) is 19.8 Å². The van der Waals surface area contributed by atoms with E-state index < -0.39 is 0 Å². The summed E-state index contributed by atoms with van der Waals surface area (Å²) in [5.74, 6) is 0. The van der Waals surface area contributed by atoms with Gasteiger partial charge in [-0.15, -0.1) is 0 Å². The summed E-state index contributed by atoms with van der Waals surface area (Å²) in [7, 11) is 0. The van der Waals surface area contributed by atoms with Crippen molar-refractivity contribution in [2.45, 2.75) is 19.1 Å². The van der Waals surface area contributed by atoms with E-state index in [9.17, 15) is 0 Å². The maximum absolute atomic E-state index is 5.69. The maximum atomic E-state index is 5.69. The lowest BCUT2D eigenvalue weighted by Gasteiger charge is -2.26. The van der Waals surface area contributed by atoms with Gasteiger partial charge in [0.15, 0.2) is 0 Å². The first kappa shape index (κ1) is 10.6. The van der Waals surface area contributed by atoms with E-state index in [0.717, 1.165) is 19.6 Å². The van der Waals surface area contributed by atoms with E-state index in [1.165, 1.54) is 11.1 Å². The first-order valence-corrected chi connectivity index (χ1v) is 5.36. The van der Waals surface area contributed by atoms with Crippen LogP contribution in [0.4, 0.5) is 0 Å². The zero-order chi connectivity index (χ0) is 10.5. The second kappa shape index (κ2) is 5.26. The molecule has 1 heterocycles. The summed E-state index contributed by atoms with van der Waals surface area (Å²) in [4.78, 5) is 0. The molecule has 0 atom stereocenters. The van der Waals surface area contributed by atoms with Gasteiger partial charge in [-0.3, -0.25) is 0 Å². The highest BCUT2D eigenvalue weighted by Crippen LogP contribution is 2.14. The molecule has 1 aliphatic heterocycles. The van der Waals surface area contributed by atoms with Crippen molar-refractivity contribution in [3.05, 3.63) is 35.4 Å². The lowest BCUT2D eigenvalue weighted by molar-refractivity contribution is -0.135. The highest BCUT2D eigenvalue weighted by atomic mass is 16.6. The van der Waals surface area contributed by atoms with Gasteiger partial charge < -0.3 is 15.2 Å². The third kappa shape index (κ3) is 2.78. The van der Waals surface area contributed by atoms with Crippen LogP contribution in [0, 0.1) is 0 Å². The minimum Gasteiger partial charge on any atom is -0.376 e. The highest BCUT2D eigenvalue weighted by molar-refractivity contribution is 5.26. The van der Waals surface area contributed by atoms with Crippen LogP contribution in [0.5, 0.6) is 0 Å². The van der Waals surface area contributed by atoms with Crippen molar-refractivity contribution >= 4 is 0 Å². The molecular weight excluding hydrogens is 190 g/mol. The third-order valence-corrected chi connectivity index (χ3v) is 2.61.